The number of nitrogens with one attached hydrogen (secondary N) is 2. The molecule has 1 aliphatic heterocycles. The number of amides is 1. The van der Waals surface area contributed by atoms with Crippen LogP contribution in [-0.4, -0.2) is 45.6 Å². The van der Waals surface area contributed by atoms with E-state index in [2.05, 4.69) is 19.9 Å². The van der Waals surface area contributed by atoms with Crippen molar-refractivity contribution in [1.29, 1.82) is 0 Å². The molecule has 1 aliphatic rings. The highest BCUT2D eigenvalue weighted by atomic mass is 32.2. The molecule has 0 aliphatic carbocycles. The molecule has 33 heavy (non-hydrogen) atoms. The van der Waals surface area contributed by atoms with E-state index in [0.717, 1.165) is 18.9 Å². The van der Waals surface area contributed by atoms with Gasteiger partial charge in [0.25, 0.3) is 0 Å². The second kappa shape index (κ2) is 10.4. The summed E-state index contributed by atoms with van der Waals surface area (Å²) < 4.78 is 37.7. The monoisotopic (exact) mass is 468 g/mol. The predicted octanol–water partition coefficient (Wildman–Crippen LogP) is 2.64. The fraction of sp³-hybridized carbons (Fsp3) is 0.217. The first-order valence-corrected chi connectivity index (χ1v) is 11.9. The third kappa shape index (κ3) is 6.28. The lowest BCUT2D eigenvalue weighted by Gasteiger charge is -2.27. The molecule has 3 heterocycles. The van der Waals surface area contributed by atoms with E-state index >= 15 is 0 Å². The van der Waals surface area contributed by atoms with Gasteiger partial charge >= 0.3 is 0 Å². The van der Waals surface area contributed by atoms with Crippen LogP contribution in [0.4, 0.5) is 11.5 Å². The highest BCUT2D eigenvalue weighted by Crippen LogP contribution is 2.16. The Morgan fingerprint density at radius 1 is 1.09 bits per heavy atom. The van der Waals surface area contributed by atoms with Gasteiger partial charge in [-0.1, -0.05) is 12.1 Å². The third-order valence-electron chi connectivity index (χ3n) is 4.98. The van der Waals surface area contributed by atoms with Crippen LogP contribution >= 0.6 is 0 Å². The van der Waals surface area contributed by atoms with Crippen LogP contribution in [-0.2, 0) is 26.1 Å². The molecule has 3 aromatic rings. The van der Waals surface area contributed by atoms with Gasteiger partial charge in [-0.25, -0.2) is 18.1 Å². The van der Waals surface area contributed by atoms with Gasteiger partial charge in [0.1, 0.15) is 11.6 Å². The number of ether oxygens (including phenoxy) is 1. The largest absolute Gasteiger partial charge is 0.468 e. The lowest BCUT2D eigenvalue weighted by molar-refractivity contribution is -0.111. The molecule has 1 saturated heterocycles. The summed E-state index contributed by atoms with van der Waals surface area (Å²) in [4.78, 5) is 18.9. The summed E-state index contributed by atoms with van der Waals surface area (Å²) in [5.41, 5.74) is 1.28. The molecule has 172 valence electrons. The van der Waals surface area contributed by atoms with Gasteiger partial charge in [0, 0.05) is 19.2 Å². The fourth-order valence-corrected chi connectivity index (χ4v) is 4.21. The van der Waals surface area contributed by atoms with Crippen LogP contribution in [0.2, 0.25) is 0 Å². The normalized spacial score (nSPS) is 14.5. The summed E-state index contributed by atoms with van der Waals surface area (Å²) >= 11 is 0. The van der Waals surface area contributed by atoms with Gasteiger partial charge < -0.3 is 19.4 Å². The van der Waals surface area contributed by atoms with E-state index in [-0.39, 0.29) is 17.3 Å². The average Bonchev–Trinajstić information content (AvgIpc) is 3.37. The molecule has 1 aromatic carbocycles. The summed E-state index contributed by atoms with van der Waals surface area (Å²) in [5.74, 6) is 1.06. The molecule has 0 radical (unpaired) electrons. The van der Waals surface area contributed by atoms with Crippen molar-refractivity contribution in [3.8, 4) is 0 Å². The minimum absolute atomic E-state index is 0.0689. The Morgan fingerprint density at radius 3 is 2.55 bits per heavy atom. The van der Waals surface area contributed by atoms with Crippen LogP contribution in [0.5, 0.6) is 0 Å². The summed E-state index contributed by atoms with van der Waals surface area (Å²) in [7, 11) is -3.67. The van der Waals surface area contributed by atoms with Crippen LogP contribution < -0.4 is 14.9 Å². The zero-order chi connectivity index (χ0) is 23.1. The molecule has 0 bridgehead atoms. The quantitative estimate of drug-likeness (QED) is 0.489. The second-order valence-electron chi connectivity index (χ2n) is 7.30. The average molecular weight is 469 g/mol. The van der Waals surface area contributed by atoms with Crippen molar-refractivity contribution in [3.63, 3.8) is 0 Å². The first kappa shape index (κ1) is 22.7. The number of benzene rings is 1. The van der Waals surface area contributed by atoms with Crippen molar-refractivity contribution in [1.82, 2.24) is 9.71 Å². The van der Waals surface area contributed by atoms with Gasteiger partial charge in [-0.3, -0.25) is 4.79 Å². The number of sulfonamides is 1. The van der Waals surface area contributed by atoms with Crippen LogP contribution in [0.15, 0.2) is 76.4 Å². The Labute approximate surface area is 192 Å². The highest BCUT2D eigenvalue weighted by molar-refractivity contribution is 7.89. The van der Waals surface area contributed by atoms with Crippen molar-refractivity contribution in [2.45, 2.75) is 11.4 Å². The first-order valence-electron chi connectivity index (χ1n) is 10.4. The molecule has 0 spiro atoms. The summed E-state index contributed by atoms with van der Waals surface area (Å²) in [6.07, 6.45) is 6.09. The van der Waals surface area contributed by atoms with E-state index < -0.39 is 10.0 Å². The van der Waals surface area contributed by atoms with Crippen molar-refractivity contribution >= 4 is 33.5 Å². The summed E-state index contributed by atoms with van der Waals surface area (Å²) in [6.45, 7) is 3.02. The van der Waals surface area contributed by atoms with E-state index in [4.69, 9.17) is 9.15 Å². The SMILES string of the molecule is O=C(/C=C/c1ccc(S(=O)(=O)NCc2ccco2)cc1)Nc1ccc(N2CCOCC2)nc1. The molecule has 1 amide bonds. The predicted molar refractivity (Wildman–Crippen MR) is 124 cm³/mol. The molecule has 2 aromatic heterocycles. The van der Waals surface area contributed by atoms with E-state index in [1.165, 1.54) is 24.5 Å². The summed E-state index contributed by atoms with van der Waals surface area (Å²) in [6, 6.07) is 13.3. The van der Waals surface area contributed by atoms with Crippen molar-refractivity contribution < 1.29 is 22.4 Å². The first-order chi connectivity index (χ1) is 16.0. The van der Waals surface area contributed by atoms with Crippen LogP contribution in [0.25, 0.3) is 6.08 Å². The van der Waals surface area contributed by atoms with Gasteiger partial charge in [0.05, 0.1) is 42.8 Å². The third-order valence-corrected chi connectivity index (χ3v) is 6.40. The lowest BCUT2D eigenvalue weighted by atomic mass is 10.2. The minimum Gasteiger partial charge on any atom is -0.468 e. The van der Waals surface area contributed by atoms with Crippen molar-refractivity contribution in [2.24, 2.45) is 0 Å². The Hall–Kier alpha value is -3.47. The van der Waals surface area contributed by atoms with Crippen LogP contribution in [0, 0.1) is 0 Å². The second-order valence-corrected chi connectivity index (χ2v) is 9.07. The van der Waals surface area contributed by atoms with Crippen molar-refractivity contribution in [2.75, 3.05) is 36.5 Å². The Kier molecular flexibility index (Phi) is 7.18. The molecule has 4 rings (SSSR count). The number of furan rings is 1. The topological polar surface area (TPSA) is 114 Å². The van der Waals surface area contributed by atoms with Gasteiger partial charge in [-0.05, 0) is 48.0 Å². The molecule has 0 unspecified atom stereocenters. The molecule has 2 N–H and O–H groups in total. The minimum atomic E-state index is -3.67. The fourth-order valence-electron chi connectivity index (χ4n) is 3.22. The lowest BCUT2D eigenvalue weighted by Crippen LogP contribution is -2.36. The van der Waals surface area contributed by atoms with E-state index in [1.54, 1.807) is 42.6 Å². The maximum atomic E-state index is 12.4. The Balaban J connectivity index is 1.30. The number of pyridine rings is 1. The van der Waals surface area contributed by atoms with E-state index in [0.29, 0.717) is 30.2 Å². The maximum absolute atomic E-state index is 12.4. The van der Waals surface area contributed by atoms with E-state index in [9.17, 15) is 13.2 Å². The van der Waals surface area contributed by atoms with Gasteiger partial charge in [-0.2, -0.15) is 0 Å². The molecule has 1 fully saturated rings. The number of morpholine rings is 1. The van der Waals surface area contributed by atoms with Gasteiger partial charge in [0.2, 0.25) is 15.9 Å². The number of hydrogen-bond acceptors (Lipinski definition) is 7. The number of rotatable bonds is 8. The molecule has 0 atom stereocenters. The number of nitrogens with zero attached hydrogens (tertiary/aromatic N) is 2. The number of hydrogen-bond donors (Lipinski definition) is 2. The molecule has 0 saturated carbocycles. The smallest absolute Gasteiger partial charge is 0.248 e. The van der Waals surface area contributed by atoms with Gasteiger partial charge in [-0.15, -0.1) is 0 Å². The zero-order valence-corrected chi connectivity index (χ0v) is 18.6. The number of aromatic nitrogens is 1. The number of anilines is 2. The number of carbonyl (C=O) groups excluding carboxylic acids is 1. The van der Waals surface area contributed by atoms with E-state index in [1.807, 2.05) is 6.07 Å². The van der Waals surface area contributed by atoms with Crippen LogP contribution in [0.1, 0.15) is 11.3 Å². The molecule has 9 nitrogen and oxygen atoms in total. The molecule has 10 heteroatoms. The summed E-state index contributed by atoms with van der Waals surface area (Å²) in [5, 5.41) is 2.76. The molecular weight excluding hydrogens is 444 g/mol. The maximum Gasteiger partial charge on any atom is 0.248 e. The molecular formula is C23H24N4O5S. The Morgan fingerprint density at radius 2 is 1.88 bits per heavy atom. The zero-order valence-electron chi connectivity index (χ0n) is 17.8. The van der Waals surface area contributed by atoms with Crippen LogP contribution in [0.3, 0.4) is 0 Å². The van der Waals surface area contributed by atoms with Crippen molar-refractivity contribution in [3.05, 3.63) is 78.4 Å². The highest BCUT2D eigenvalue weighted by Gasteiger charge is 2.14. The standard InChI is InChI=1S/C23H24N4O5S/c28-23(26-19-6-9-22(24-16-19)27-11-14-31-15-12-27)10-5-18-3-7-21(8-4-18)33(29,30)25-17-20-2-1-13-32-20/h1-10,13,16,25H,11-12,14-15,17H2,(H,26,28)/b10-5+. The number of carbonyl (C=O) groups is 1. The Bertz CT molecular complexity index is 1180. The van der Waals surface area contributed by atoms with Gasteiger partial charge in [0.15, 0.2) is 0 Å².